The Morgan fingerprint density at radius 1 is 1.19 bits per heavy atom. The number of benzene rings is 2. The minimum absolute atomic E-state index is 0.113. The minimum atomic E-state index is -0.529. The van der Waals surface area contributed by atoms with Crippen LogP contribution in [0.1, 0.15) is 54.2 Å². The van der Waals surface area contributed by atoms with Gasteiger partial charge < -0.3 is 9.84 Å². The molecule has 0 fully saturated rings. The standard InChI is InChI=1S/C22H22O3S/c1-4-25-21(24)17-9-7-16(14-19(17)23)6-5-15-8-10-20-18(13-15)22(2,3)11-12-26-20/h7-10,13-14,23H,4,11-12H2,1-3H3. The Labute approximate surface area is 158 Å². The van der Waals surface area contributed by atoms with Crippen molar-refractivity contribution in [1.29, 1.82) is 0 Å². The summed E-state index contributed by atoms with van der Waals surface area (Å²) in [5.41, 5.74) is 3.28. The molecule has 3 rings (SSSR count). The maximum Gasteiger partial charge on any atom is 0.341 e. The molecule has 3 nitrogen and oxygen atoms in total. The molecule has 1 aliphatic rings. The van der Waals surface area contributed by atoms with Crippen molar-refractivity contribution >= 4 is 17.7 Å². The van der Waals surface area contributed by atoms with Crippen molar-refractivity contribution in [3.8, 4) is 17.6 Å². The van der Waals surface area contributed by atoms with Gasteiger partial charge in [-0.15, -0.1) is 11.8 Å². The zero-order chi connectivity index (χ0) is 18.7. The van der Waals surface area contributed by atoms with Crippen molar-refractivity contribution < 1.29 is 14.6 Å². The third kappa shape index (κ3) is 3.89. The topological polar surface area (TPSA) is 46.5 Å². The lowest BCUT2D eigenvalue weighted by Gasteiger charge is -2.32. The van der Waals surface area contributed by atoms with Crippen molar-refractivity contribution in [2.45, 2.75) is 37.5 Å². The molecule has 0 saturated heterocycles. The lowest BCUT2D eigenvalue weighted by molar-refractivity contribution is 0.0523. The summed E-state index contributed by atoms with van der Waals surface area (Å²) in [5.74, 6) is 6.74. The molecule has 0 bridgehead atoms. The van der Waals surface area contributed by atoms with Gasteiger partial charge in [0.25, 0.3) is 0 Å². The van der Waals surface area contributed by atoms with Gasteiger partial charge in [-0.3, -0.25) is 0 Å². The molecule has 4 heteroatoms. The minimum Gasteiger partial charge on any atom is -0.507 e. The Kier molecular flexibility index (Phi) is 5.29. The fourth-order valence-corrected chi connectivity index (χ4v) is 4.44. The first kappa shape index (κ1) is 18.4. The molecule has 0 atom stereocenters. The second kappa shape index (κ2) is 7.47. The lowest BCUT2D eigenvalue weighted by atomic mass is 9.81. The number of thioether (sulfide) groups is 1. The summed E-state index contributed by atoms with van der Waals surface area (Å²) in [7, 11) is 0. The number of aromatic hydroxyl groups is 1. The summed E-state index contributed by atoms with van der Waals surface area (Å²) in [5, 5.41) is 10.0. The summed E-state index contributed by atoms with van der Waals surface area (Å²) >= 11 is 1.90. The molecule has 0 spiro atoms. The molecule has 2 aromatic rings. The zero-order valence-electron chi connectivity index (χ0n) is 15.3. The molecule has 134 valence electrons. The quantitative estimate of drug-likeness (QED) is 0.616. The predicted molar refractivity (Wildman–Crippen MR) is 105 cm³/mol. The van der Waals surface area contributed by atoms with Crippen LogP contribution in [0.2, 0.25) is 0 Å². The van der Waals surface area contributed by atoms with Crippen LogP contribution < -0.4 is 0 Å². The van der Waals surface area contributed by atoms with Gasteiger partial charge in [0.2, 0.25) is 0 Å². The highest BCUT2D eigenvalue weighted by Crippen LogP contribution is 2.41. The maximum atomic E-state index is 11.7. The molecular formula is C22H22O3S. The summed E-state index contributed by atoms with van der Waals surface area (Å²) in [6, 6.07) is 11.1. The van der Waals surface area contributed by atoms with Gasteiger partial charge in [0.1, 0.15) is 11.3 Å². The van der Waals surface area contributed by atoms with Gasteiger partial charge in [-0.05, 0) is 66.5 Å². The van der Waals surface area contributed by atoms with Crippen LogP contribution in [-0.4, -0.2) is 23.4 Å². The molecule has 0 radical (unpaired) electrons. The highest BCUT2D eigenvalue weighted by atomic mass is 32.2. The van der Waals surface area contributed by atoms with Crippen molar-refractivity contribution in [3.05, 3.63) is 58.7 Å². The number of ether oxygens (including phenoxy) is 1. The zero-order valence-corrected chi connectivity index (χ0v) is 16.1. The molecule has 0 aromatic heterocycles. The number of carbonyl (C=O) groups excluding carboxylic acids is 1. The van der Waals surface area contributed by atoms with E-state index in [9.17, 15) is 9.90 Å². The molecule has 0 aliphatic carbocycles. The Morgan fingerprint density at radius 3 is 2.58 bits per heavy atom. The monoisotopic (exact) mass is 366 g/mol. The Balaban J connectivity index is 1.86. The number of phenolic OH excluding ortho intramolecular Hbond substituents is 1. The van der Waals surface area contributed by atoms with Crippen molar-refractivity contribution in [1.82, 2.24) is 0 Å². The number of carbonyl (C=O) groups is 1. The number of fused-ring (bicyclic) bond motifs is 1. The third-order valence-corrected chi connectivity index (χ3v) is 5.61. The van der Waals surface area contributed by atoms with Crippen LogP contribution in [-0.2, 0) is 10.2 Å². The third-order valence-electron chi connectivity index (χ3n) is 4.54. The summed E-state index contributed by atoms with van der Waals surface area (Å²) in [6.45, 7) is 6.55. The summed E-state index contributed by atoms with van der Waals surface area (Å²) < 4.78 is 4.91. The van der Waals surface area contributed by atoms with Crippen LogP contribution in [0, 0.1) is 11.8 Å². The second-order valence-corrected chi connectivity index (χ2v) is 8.03. The summed E-state index contributed by atoms with van der Waals surface area (Å²) in [4.78, 5) is 13.1. The van der Waals surface area contributed by atoms with Gasteiger partial charge in [-0.25, -0.2) is 4.79 Å². The largest absolute Gasteiger partial charge is 0.507 e. The Bertz CT molecular complexity index is 903. The van der Waals surface area contributed by atoms with Gasteiger partial charge in [0.15, 0.2) is 0 Å². The maximum absolute atomic E-state index is 11.7. The number of rotatable bonds is 2. The van der Waals surface area contributed by atoms with Crippen molar-refractivity contribution in [2.75, 3.05) is 12.4 Å². The van der Waals surface area contributed by atoms with E-state index in [4.69, 9.17) is 4.74 Å². The smallest absolute Gasteiger partial charge is 0.341 e. The molecule has 0 saturated carbocycles. The van der Waals surface area contributed by atoms with Gasteiger partial charge in [0, 0.05) is 16.0 Å². The second-order valence-electron chi connectivity index (χ2n) is 6.90. The average molecular weight is 366 g/mol. The molecule has 26 heavy (non-hydrogen) atoms. The number of phenols is 1. The lowest BCUT2D eigenvalue weighted by Crippen LogP contribution is -2.22. The highest BCUT2D eigenvalue weighted by Gasteiger charge is 2.27. The Morgan fingerprint density at radius 2 is 1.88 bits per heavy atom. The molecular weight excluding hydrogens is 344 g/mol. The molecule has 0 amide bonds. The average Bonchev–Trinajstić information content (AvgIpc) is 2.60. The van der Waals surface area contributed by atoms with Crippen LogP contribution in [0.4, 0.5) is 0 Å². The van der Waals surface area contributed by atoms with E-state index in [-0.39, 0.29) is 23.3 Å². The van der Waals surface area contributed by atoms with Crippen LogP contribution in [0.3, 0.4) is 0 Å². The first-order valence-corrected chi connectivity index (χ1v) is 9.69. The highest BCUT2D eigenvalue weighted by molar-refractivity contribution is 7.99. The first-order chi connectivity index (χ1) is 12.4. The van der Waals surface area contributed by atoms with Crippen molar-refractivity contribution in [3.63, 3.8) is 0 Å². The van der Waals surface area contributed by atoms with E-state index < -0.39 is 5.97 Å². The van der Waals surface area contributed by atoms with Gasteiger partial charge in [0.05, 0.1) is 6.61 Å². The van der Waals surface area contributed by atoms with Gasteiger partial charge in [-0.2, -0.15) is 0 Å². The van der Waals surface area contributed by atoms with Crippen LogP contribution >= 0.6 is 11.8 Å². The van der Waals surface area contributed by atoms with E-state index in [0.717, 1.165) is 17.7 Å². The number of hydrogen-bond donors (Lipinski definition) is 1. The Hall–Kier alpha value is -2.38. The molecule has 0 unspecified atom stereocenters. The normalized spacial score (nSPS) is 14.7. The summed E-state index contributed by atoms with van der Waals surface area (Å²) in [6.07, 6.45) is 1.16. The van der Waals surface area contributed by atoms with E-state index in [0.29, 0.717) is 5.56 Å². The molecule has 2 aromatic carbocycles. The SMILES string of the molecule is CCOC(=O)c1ccc(C#Cc2ccc3c(c2)C(C)(C)CCS3)cc1O. The van der Waals surface area contributed by atoms with Crippen LogP contribution in [0.15, 0.2) is 41.3 Å². The van der Waals surface area contributed by atoms with E-state index in [2.05, 4.69) is 37.8 Å². The molecule has 1 N–H and O–H groups in total. The van der Waals surface area contributed by atoms with E-state index >= 15 is 0 Å². The number of esters is 1. The van der Waals surface area contributed by atoms with E-state index in [1.807, 2.05) is 17.8 Å². The fraction of sp³-hybridized carbons (Fsp3) is 0.318. The van der Waals surface area contributed by atoms with E-state index in [1.165, 1.54) is 16.5 Å². The van der Waals surface area contributed by atoms with Gasteiger partial charge >= 0.3 is 5.97 Å². The molecule has 1 heterocycles. The fourth-order valence-electron chi connectivity index (χ4n) is 2.95. The first-order valence-electron chi connectivity index (χ1n) is 8.70. The molecule has 1 aliphatic heterocycles. The van der Waals surface area contributed by atoms with Crippen LogP contribution in [0.25, 0.3) is 0 Å². The van der Waals surface area contributed by atoms with E-state index in [1.54, 1.807) is 19.1 Å². The van der Waals surface area contributed by atoms with Crippen molar-refractivity contribution in [2.24, 2.45) is 0 Å². The predicted octanol–water partition coefficient (Wildman–Crippen LogP) is 4.74. The van der Waals surface area contributed by atoms with Gasteiger partial charge in [-0.1, -0.05) is 25.7 Å². The van der Waals surface area contributed by atoms with Crippen LogP contribution in [0.5, 0.6) is 5.75 Å². The number of hydrogen-bond acceptors (Lipinski definition) is 4.